The van der Waals surface area contributed by atoms with E-state index in [9.17, 15) is 8.78 Å². The zero-order valence-corrected chi connectivity index (χ0v) is 12.4. The number of alkyl halides is 1. The van der Waals surface area contributed by atoms with Crippen molar-refractivity contribution in [2.75, 3.05) is 19.1 Å². The van der Waals surface area contributed by atoms with Gasteiger partial charge in [0.25, 0.3) is 0 Å². The van der Waals surface area contributed by atoms with E-state index in [1.165, 1.54) is 6.07 Å². The Kier molecular flexibility index (Phi) is 4.40. The highest BCUT2D eigenvalue weighted by Gasteiger charge is 2.19. The number of aromatic nitrogens is 2. The van der Waals surface area contributed by atoms with Gasteiger partial charge in [-0.15, -0.1) is 11.6 Å². The summed E-state index contributed by atoms with van der Waals surface area (Å²) in [6, 6.07) is 2.21. The molecule has 1 fully saturated rings. The highest BCUT2D eigenvalue weighted by molar-refractivity contribution is 6.17. The van der Waals surface area contributed by atoms with Crippen molar-refractivity contribution < 1.29 is 13.5 Å². The minimum atomic E-state index is -0.622. The number of ether oxygens (including phenoxy) is 1. The van der Waals surface area contributed by atoms with Crippen molar-refractivity contribution in [3.8, 4) is 0 Å². The predicted molar refractivity (Wildman–Crippen MR) is 77.6 cm³/mol. The van der Waals surface area contributed by atoms with Gasteiger partial charge in [0.1, 0.15) is 17.2 Å². The molecule has 0 bridgehead atoms. The molecule has 0 N–H and O–H groups in total. The third-order valence-electron chi connectivity index (χ3n) is 3.95. The molecule has 2 heterocycles. The Hall–Kier alpha value is -1.20. The number of fused-ring (bicyclic) bond motifs is 1. The highest BCUT2D eigenvalue weighted by atomic mass is 35.5. The first-order valence-electron chi connectivity index (χ1n) is 7.17. The van der Waals surface area contributed by atoms with Gasteiger partial charge in [0.05, 0.1) is 5.52 Å². The Morgan fingerprint density at radius 3 is 2.95 bits per heavy atom. The zero-order valence-electron chi connectivity index (χ0n) is 11.6. The lowest BCUT2D eigenvalue weighted by Gasteiger charge is -2.11. The third-order valence-corrected chi connectivity index (χ3v) is 4.14. The fourth-order valence-corrected chi connectivity index (χ4v) is 3.01. The van der Waals surface area contributed by atoms with Crippen LogP contribution in [-0.4, -0.2) is 28.6 Å². The van der Waals surface area contributed by atoms with Crippen molar-refractivity contribution in [3.05, 3.63) is 29.6 Å². The third kappa shape index (κ3) is 3.04. The first-order chi connectivity index (χ1) is 10.2. The molecule has 1 aliphatic heterocycles. The van der Waals surface area contributed by atoms with Crippen LogP contribution in [0.25, 0.3) is 11.0 Å². The van der Waals surface area contributed by atoms with Crippen molar-refractivity contribution in [1.82, 2.24) is 9.55 Å². The lowest BCUT2D eigenvalue weighted by atomic mass is 10.1. The number of nitrogens with zero attached hydrogens (tertiary/aromatic N) is 2. The van der Waals surface area contributed by atoms with Gasteiger partial charge in [0.2, 0.25) is 0 Å². The fraction of sp³-hybridized carbons (Fsp3) is 0.533. The normalized spacial score (nSPS) is 18.7. The van der Waals surface area contributed by atoms with E-state index in [-0.39, 0.29) is 5.52 Å². The maximum absolute atomic E-state index is 13.9. The number of benzene rings is 1. The molecule has 0 radical (unpaired) electrons. The van der Waals surface area contributed by atoms with Gasteiger partial charge in [0.15, 0.2) is 5.82 Å². The lowest BCUT2D eigenvalue weighted by molar-refractivity contribution is 0.183. The molecule has 21 heavy (non-hydrogen) atoms. The molecule has 3 nitrogen and oxygen atoms in total. The summed E-state index contributed by atoms with van der Waals surface area (Å²) in [5, 5.41) is 0. The lowest BCUT2D eigenvalue weighted by Crippen LogP contribution is -2.09. The Balaban J connectivity index is 1.94. The van der Waals surface area contributed by atoms with E-state index in [4.69, 9.17) is 16.3 Å². The molecule has 3 rings (SSSR count). The molecule has 1 aromatic carbocycles. The van der Waals surface area contributed by atoms with Crippen molar-refractivity contribution in [1.29, 1.82) is 0 Å². The monoisotopic (exact) mass is 314 g/mol. The molecule has 0 saturated carbocycles. The zero-order chi connectivity index (χ0) is 14.8. The van der Waals surface area contributed by atoms with Crippen LogP contribution >= 0.6 is 11.6 Å². The van der Waals surface area contributed by atoms with Crippen LogP contribution in [0.4, 0.5) is 8.78 Å². The number of imidazole rings is 1. The quantitative estimate of drug-likeness (QED) is 0.790. The van der Waals surface area contributed by atoms with Crippen molar-refractivity contribution >= 4 is 22.6 Å². The maximum Gasteiger partial charge on any atom is 0.153 e. The average molecular weight is 315 g/mol. The summed E-state index contributed by atoms with van der Waals surface area (Å²) in [4.78, 5) is 4.29. The number of halogens is 3. The first kappa shape index (κ1) is 14.7. The number of aryl methyl sites for hydroxylation is 2. The van der Waals surface area contributed by atoms with E-state index >= 15 is 0 Å². The molecule has 6 heteroatoms. The minimum Gasteiger partial charge on any atom is -0.381 e. The van der Waals surface area contributed by atoms with Gasteiger partial charge in [-0.1, -0.05) is 0 Å². The number of hydrogen-bond acceptors (Lipinski definition) is 2. The maximum atomic E-state index is 13.9. The van der Waals surface area contributed by atoms with Crippen LogP contribution < -0.4 is 0 Å². The van der Waals surface area contributed by atoms with E-state index in [0.717, 1.165) is 32.1 Å². The van der Waals surface area contributed by atoms with Gasteiger partial charge in [-0.25, -0.2) is 13.8 Å². The largest absolute Gasteiger partial charge is 0.381 e. The summed E-state index contributed by atoms with van der Waals surface area (Å²) in [6.45, 7) is 2.24. The van der Waals surface area contributed by atoms with Crippen LogP contribution in [0.5, 0.6) is 0 Å². The Morgan fingerprint density at radius 2 is 2.24 bits per heavy atom. The second kappa shape index (κ2) is 6.28. The van der Waals surface area contributed by atoms with Crippen molar-refractivity contribution in [2.45, 2.75) is 25.8 Å². The molecule has 1 atom stereocenters. The molecule has 1 saturated heterocycles. The van der Waals surface area contributed by atoms with Gasteiger partial charge in [-0.2, -0.15) is 0 Å². The van der Waals surface area contributed by atoms with Gasteiger partial charge in [-0.3, -0.25) is 0 Å². The summed E-state index contributed by atoms with van der Waals surface area (Å²) in [7, 11) is 0. The highest BCUT2D eigenvalue weighted by Crippen LogP contribution is 2.24. The number of hydrogen-bond donors (Lipinski definition) is 0. The van der Waals surface area contributed by atoms with Crippen molar-refractivity contribution in [2.24, 2.45) is 5.92 Å². The van der Waals surface area contributed by atoms with Crippen LogP contribution in [0.1, 0.15) is 18.7 Å². The Labute approximate surface area is 126 Å². The average Bonchev–Trinajstić information content (AvgIpc) is 3.05. The molecule has 1 unspecified atom stereocenters. The topological polar surface area (TPSA) is 27.1 Å². The summed E-state index contributed by atoms with van der Waals surface area (Å²) in [5.41, 5.74) is 0.728. The molecule has 1 aliphatic rings. The summed E-state index contributed by atoms with van der Waals surface area (Å²) >= 11 is 5.79. The molecule has 114 valence electrons. The van der Waals surface area contributed by atoms with Gasteiger partial charge in [0, 0.05) is 38.1 Å². The molecule has 0 spiro atoms. The van der Waals surface area contributed by atoms with Crippen LogP contribution in [0, 0.1) is 17.6 Å². The minimum absolute atomic E-state index is 0.221. The molecule has 0 amide bonds. The van der Waals surface area contributed by atoms with E-state index in [1.807, 2.05) is 4.57 Å². The van der Waals surface area contributed by atoms with Gasteiger partial charge >= 0.3 is 0 Å². The van der Waals surface area contributed by atoms with E-state index < -0.39 is 11.6 Å². The summed E-state index contributed by atoms with van der Waals surface area (Å²) < 4.78 is 34.6. The second-order valence-electron chi connectivity index (χ2n) is 5.39. The van der Waals surface area contributed by atoms with Gasteiger partial charge < -0.3 is 9.30 Å². The Bertz CT molecular complexity index is 638. The van der Waals surface area contributed by atoms with Crippen LogP contribution in [0.15, 0.2) is 12.1 Å². The molecular formula is C15H17ClF2N2O. The molecule has 0 aliphatic carbocycles. The smallest absolute Gasteiger partial charge is 0.153 e. The Morgan fingerprint density at radius 1 is 1.38 bits per heavy atom. The van der Waals surface area contributed by atoms with Crippen LogP contribution in [-0.2, 0) is 17.7 Å². The molecular weight excluding hydrogens is 298 g/mol. The molecule has 1 aromatic heterocycles. The standard InChI is InChI=1S/C15H17ClF2N2O/c16-4-1-14-19-15-12(18)7-11(17)8-13(15)20(14)5-2-10-3-6-21-9-10/h7-8,10H,1-6,9H2. The first-order valence-corrected chi connectivity index (χ1v) is 7.70. The van der Waals surface area contributed by atoms with Crippen LogP contribution in [0.2, 0.25) is 0 Å². The van der Waals surface area contributed by atoms with E-state index in [0.29, 0.717) is 36.1 Å². The van der Waals surface area contributed by atoms with Gasteiger partial charge in [-0.05, 0) is 24.8 Å². The van der Waals surface area contributed by atoms with Crippen molar-refractivity contribution in [3.63, 3.8) is 0 Å². The summed E-state index contributed by atoms with van der Waals surface area (Å²) in [5.74, 6) is 0.416. The second-order valence-corrected chi connectivity index (χ2v) is 5.77. The van der Waals surface area contributed by atoms with Crippen LogP contribution in [0.3, 0.4) is 0 Å². The SMILES string of the molecule is Fc1cc(F)c2nc(CCCl)n(CCC3CCOC3)c2c1. The van der Waals surface area contributed by atoms with E-state index in [1.54, 1.807) is 0 Å². The van der Waals surface area contributed by atoms with E-state index in [2.05, 4.69) is 4.98 Å². The molecule has 2 aromatic rings. The fourth-order valence-electron chi connectivity index (χ4n) is 2.84. The predicted octanol–water partition coefficient (Wildman–Crippen LogP) is 3.52. The summed E-state index contributed by atoms with van der Waals surface area (Å²) in [6.07, 6.45) is 2.50. The number of rotatable bonds is 5.